The Morgan fingerprint density at radius 3 is 2.16 bits per heavy atom. The van der Waals surface area contributed by atoms with Crippen molar-refractivity contribution in [2.45, 2.75) is 18.8 Å². The van der Waals surface area contributed by atoms with Gasteiger partial charge in [-0.3, -0.25) is 0 Å². The molecule has 0 fully saturated rings. The minimum absolute atomic E-state index is 0. The van der Waals surface area contributed by atoms with Crippen molar-refractivity contribution in [3.05, 3.63) is 89.5 Å². The van der Waals surface area contributed by atoms with Crippen LogP contribution < -0.4 is 20.7 Å². The Hall–Kier alpha value is -3.51. The van der Waals surface area contributed by atoms with Gasteiger partial charge in [0.25, 0.3) is 0 Å². The van der Waals surface area contributed by atoms with E-state index in [4.69, 9.17) is 9.47 Å². The van der Waals surface area contributed by atoms with Gasteiger partial charge in [-0.15, -0.1) is 0 Å². The summed E-state index contributed by atoms with van der Waals surface area (Å²) in [4.78, 5) is 12.5. The summed E-state index contributed by atoms with van der Waals surface area (Å²) in [6, 6.07) is 21.7. The summed E-state index contributed by atoms with van der Waals surface area (Å²) in [5.41, 5.74) is 2.06. The van der Waals surface area contributed by atoms with Gasteiger partial charge in [0.1, 0.15) is 5.75 Å². The summed E-state index contributed by atoms with van der Waals surface area (Å²) < 4.78 is 10.6. The number of benzene rings is 3. The molecule has 3 aromatic carbocycles. The smallest absolute Gasteiger partial charge is 0.161 e. The van der Waals surface area contributed by atoms with Gasteiger partial charge < -0.3 is 30.6 Å². The van der Waals surface area contributed by atoms with E-state index < -0.39 is 23.7 Å². The molecule has 164 valence electrons. The van der Waals surface area contributed by atoms with Crippen molar-refractivity contribution in [2.75, 3.05) is 14.2 Å². The average molecular weight is 424 g/mol. The number of phenols is 1. The molecule has 3 aromatic rings. The Kier molecular flexibility index (Phi) is 8.05. The third-order valence-electron chi connectivity index (χ3n) is 5.53. The van der Waals surface area contributed by atoms with E-state index in [2.05, 4.69) is 0 Å². The van der Waals surface area contributed by atoms with Gasteiger partial charge in [-0.25, -0.2) is 0 Å². The third-order valence-corrected chi connectivity index (χ3v) is 5.53. The standard InChI is InChI=1S/C25H26O5.H3N/c1-16(18-11-7-12-19(15-18)29-2)22(25(27)28)23(17-9-5-4-6-10-17)20-13-8-14-21(30-3)24(20)26;/h4-16,22-23,26H,1-3H3,(H,27,28);1H3/t16-,22+,23+;/m1./s1. The zero-order chi connectivity index (χ0) is 21.7. The number of carboxylic acid groups (broad SMARTS) is 1. The Morgan fingerprint density at radius 2 is 1.55 bits per heavy atom. The van der Waals surface area contributed by atoms with Crippen LogP contribution in [0, 0.1) is 5.92 Å². The maximum Gasteiger partial charge on any atom is 0.161 e. The van der Waals surface area contributed by atoms with E-state index in [1.54, 1.807) is 25.3 Å². The number of carbonyl (C=O) groups excluding carboxylic acids is 1. The highest BCUT2D eigenvalue weighted by Gasteiger charge is 2.34. The molecule has 0 aromatic heterocycles. The van der Waals surface area contributed by atoms with E-state index in [-0.39, 0.29) is 11.9 Å². The fourth-order valence-corrected chi connectivity index (χ4v) is 3.96. The number of carbonyl (C=O) groups is 1. The molecule has 0 aliphatic heterocycles. The highest BCUT2D eigenvalue weighted by molar-refractivity contribution is 5.72. The molecule has 0 bridgehead atoms. The first-order valence-electron chi connectivity index (χ1n) is 9.73. The van der Waals surface area contributed by atoms with Crippen LogP contribution in [0.4, 0.5) is 0 Å². The second-order valence-corrected chi connectivity index (χ2v) is 7.20. The van der Waals surface area contributed by atoms with E-state index in [9.17, 15) is 15.0 Å². The number of aliphatic carboxylic acids is 1. The second kappa shape index (κ2) is 10.5. The molecule has 6 nitrogen and oxygen atoms in total. The van der Waals surface area contributed by atoms with Gasteiger partial charge in [0.05, 0.1) is 14.2 Å². The minimum Gasteiger partial charge on any atom is -0.550 e. The van der Waals surface area contributed by atoms with Gasteiger partial charge in [0.15, 0.2) is 11.5 Å². The maximum atomic E-state index is 12.5. The molecule has 0 saturated heterocycles. The molecule has 0 amide bonds. The molecule has 0 aliphatic rings. The fraction of sp³-hybridized carbons (Fsp3) is 0.240. The van der Waals surface area contributed by atoms with Crippen LogP contribution in [0.2, 0.25) is 0 Å². The SMILES string of the molecule is COc1cccc([C@@H](C)[C@H](C(=O)[O-])[C@@H](c2ccccc2)c2cccc(OC)c2O)c1.[NH4+]. The molecule has 5 N–H and O–H groups in total. The van der Waals surface area contributed by atoms with Crippen molar-refractivity contribution in [3.63, 3.8) is 0 Å². The summed E-state index contributed by atoms with van der Waals surface area (Å²) in [5, 5.41) is 23.3. The fourth-order valence-electron chi connectivity index (χ4n) is 3.96. The van der Waals surface area contributed by atoms with Crippen molar-refractivity contribution in [2.24, 2.45) is 5.92 Å². The van der Waals surface area contributed by atoms with E-state index in [1.165, 1.54) is 7.11 Å². The van der Waals surface area contributed by atoms with Crippen molar-refractivity contribution in [3.8, 4) is 17.2 Å². The minimum atomic E-state index is -1.19. The molecule has 6 heteroatoms. The monoisotopic (exact) mass is 423 g/mol. The number of hydrogen-bond donors (Lipinski definition) is 2. The van der Waals surface area contributed by atoms with Crippen molar-refractivity contribution in [1.29, 1.82) is 0 Å². The number of rotatable bonds is 8. The second-order valence-electron chi connectivity index (χ2n) is 7.20. The van der Waals surface area contributed by atoms with Crippen LogP contribution in [0.3, 0.4) is 0 Å². The van der Waals surface area contributed by atoms with Gasteiger partial charge in [-0.1, -0.05) is 61.5 Å². The Bertz CT molecular complexity index is 1010. The van der Waals surface area contributed by atoms with Crippen molar-refractivity contribution in [1.82, 2.24) is 6.15 Å². The summed E-state index contributed by atoms with van der Waals surface area (Å²) in [5.74, 6) is -2.33. The molecule has 3 atom stereocenters. The number of carboxylic acids is 1. The largest absolute Gasteiger partial charge is 0.550 e. The zero-order valence-electron chi connectivity index (χ0n) is 18.2. The van der Waals surface area contributed by atoms with E-state index in [1.807, 2.05) is 61.5 Å². The molecular formula is C25H29NO5. The lowest BCUT2D eigenvalue weighted by atomic mass is 9.72. The highest BCUT2D eigenvalue weighted by Crippen LogP contribution is 2.45. The normalized spacial score (nSPS) is 13.4. The maximum absolute atomic E-state index is 12.5. The number of phenolic OH excluding ortho intramolecular Hbond substituents is 1. The number of para-hydroxylation sites is 1. The summed E-state index contributed by atoms with van der Waals surface area (Å²) >= 11 is 0. The Morgan fingerprint density at radius 1 is 0.903 bits per heavy atom. The highest BCUT2D eigenvalue weighted by atomic mass is 16.5. The lowest BCUT2D eigenvalue weighted by molar-refractivity contribution is -0.312. The molecule has 0 saturated carbocycles. The molecule has 0 unspecified atom stereocenters. The number of quaternary nitrogens is 1. The molecule has 0 heterocycles. The first kappa shape index (κ1) is 23.8. The molecule has 0 radical (unpaired) electrons. The van der Waals surface area contributed by atoms with E-state index in [0.717, 1.165) is 11.1 Å². The van der Waals surface area contributed by atoms with Crippen molar-refractivity contribution >= 4 is 5.97 Å². The summed E-state index contributed by atoms with van der Waals surface area (Å²) in [6.07, 6.45) is 0. The Balaban J connectivity index is 0.00000341. The summed E-state index contributed by atoms with van der Waals surface area (Å²) in [7, 11) is 3.03. The number of ether oxygens (including phenoxy) is 2. The molecule has 3 rings (SSSR count). The van der Waals surface area contributed by atoms with Crippen LogP contribution in [-0.2, 0) is 4.79 Å². The number of methoxy groups -OCH3 is 2. The van der Waals surface area contributed by atoms with Crippen LogP contribution in [0.5, 0.6) is 17.2 Å². The quantitative estimate of drug-likeness (QED) is 0.566. The zero-order valence-corrected chi connectivity index (χ0v) is 18.2. The third kappa shape index (κ3) is 4.98. The molecule has 0 spiro atoms. The van der Waals surface area contributed by atoms with Crippen LogP contribution >= 0.6 is 0 Å². The predicted molar refractivity (Wildman–Crippen MR) is 119 cm³/mol. The molecule has 31 heavy (non-hydrogen) atoms. The molecular weight excluding hydrogens is 394 g/mol. The van der Waals surface area contributed by atoms with Gasteiger partial charge in [-0.05, 0) is 35.2 Å². The van der Waals surface area contributed by atoms with Gasteiger partial charge in [-0.2, -0.15) is 0 Å². The van der Waals surface area contributed by atoms with Crippen LogP contribution in [0.1, 0.15) is 35.4 Å². The van der Waals surface area contributed by atoms with Gasteiger partial charge in [0.2, 0.25) is 0 Å². The lowest BCUT2D eigenvalue weighted by Crippen LogP contribution is -2.38. The Labute approximate surface area is 182 Å². The van der Waals surface area contributed by atoms with Crippen LogP contribution in [0.15, 0.2) is 72.8 Å². The average Bonchev–Trinajstić information content (AvgIpc) is 2.78. The van der Waals surface area contributed by atoms with Crippen molar-refractivity contribution < 1.29 is 24.5 Å². The summed E-state index contributed by atoms with van der Waals surface area (Å²) in [6.45, 7) is 1.85. The number of aromatic hydroxyl groups is 1. The first-order valence-corrected chi connectivity index (χ1v) is 9.73. The lowest BCUT2D eigenvalue weighted by Gasteiger charge is -2.34. The number of hydrogen-bond acceptors (Lipinski definition) is 5. The van der Waals surface area contributed by atoms with Gasteiger partial charge in [0, 0.05) is 23.4 Å². The first-order chi connectivity index (χ1) is 14.5. The van der Waals surface area contributed by atoms with E-state index in [0.29, 0.717) is 17.1 Å². The van der Waals surface area contributed by atoms with E-state index >= 15 is 0 Å². The topological polar surface area (TPSA) is 115 Å². The predicted octanol–water partition coefficient (Wildman–Crippen LogP) is 4.09. The molecule has 0 aliphatic carbocycles. The van der Waals surface area contributed by atoms with Gasteiger partial charge >= 0.3 is 0 Å². The van der Waals surface area contributed by atoms with Crippen LogP contribution in [0.25, 0.3) is 0 Å². The van der Waals surface area contributed by atoms with Crippen LogP contribution in [-0.4, -0.2) is 25.3 Å².